The van der Waals surface area contributed by atoms with Crippen molar-refractivity contribution in [1.82, 2.24) is 9.91 Å². The highest BCUT2D eigenvalue weighted by molar-refractivity contribution is 6.39. The lowest BCUT2D eigenvalue weighted by atomic mass is 10.0. The summed E-state index contributed by atoms with van der Waals surface area (Å²) in [6, 6.07) is 6.27. The van der Waals surface area contributed by atoms with Gasteiger partial charge < -0.3 is 4.90 Å². The molecule has 0 N–H and O–H groups in total. The van der Waals surface area contributed by atoms with Crippen LogP contribution in [0.25, 0.3) is 0 Å². The van der Waals surface area contributed by atoms with Crippen LogP contribution in [0.4, 0.5) is 4.39 Å². The van der Waals surface area contributed by atoms with Crippen LogP contribution in [0.15, 0.2) is 29.4 Å². The third-order valence-electron chi connectivity index (χ3n) is 4.20. The van der Waals surface area contributed by atoms with Gasteiger partial charge in [0.25, 0.3) is 5.91 Å². The maximum atomic E-state index is 13.4. The molecule has 0 bridgehead atoms. The van der Waals surface area contributed by atoms with Crippen molar-refractivity contribution in [3.8, 4) is 0 Å². The Morgan fingerprint density at radius 3 is 2.91 bits per heavy atom. The van der Waals surface area contributed by atoms with Crippen molar-refractivity contribution in [1.29, 1.82) is 0 Å². The normalized spacial score (nSPS) is 22.0. The highest BCUT2D eigenvalue weighted by Gasteiger charge is 2.34. The van der Waals surface area contributed by atoms with E-state index in [4.69, 9.17) is 0 Å². The van der Waals surface area contributed by atoms with Gasteiger partial charge in [-0.2, -0.15) is 5.10 Å². The second-order valence-electron chi connectivity index (χ2n) is 5.68. The van der Waals surface area contributed by atoms with E-state index in [0.717, 1.165) is 18.4 Å². The molecule has 0 aromatic heterocycles. The first-order chi connectivity index (χ1) is 10.6. The molecule has 6 heteroatoms. The van der Waals surface area contributed by atoms with E-state index in [-0.39, 0.29) is 23.7 Å². The lowest BCUT2D eigenvalue weighted by Gasteiger charge is -2.27. The summed E-state index contributed by atoms with van der Waals surface area (Å²) in [6.45, 7) is 0.636. The van der Waals surface area contributed by atoms with Crippen molar-refractivity contribution in [2.75, 3.05) is 13.6 Å². The first-order valence-corrected chi connectivity index (χ1v) is 7.47. The zero-order chi connectivity index (χ0) is 15.7. The van der Waals surface area contributed by atoms with E-state index in [1.54, 1.807) is 18.0 Å². The van der Waals surface area contributed by atoms with Gasteiger partial charge in [-0.1, -0.05) is 12.1 Å². The standard InChI is InChI=1S/C16H18FN3O2/c1-19-15(21)8-7-13(18-19)16(22)20-9-3-6-14(20)11-4-2-5-12(17)10-11/h2,4-5,10,14H,3,6-9H2,1H3. The van der Waals surface area contributed by atoms with Gasteiger partial charge in [0.2, 0.25) is 5.91 Å². The molecule has 1 atom stereocenters. The Morgan fingerprint density at radius 1 is 1.36 bits per heavy atom. The summed E-state index contributed by atoms with van der Waals surface area (Å²) in [7, 11) is 1.56. The van der Waals surface area contributed by atoms with Crippen molar-refractivity contribution < 1.29 is 14.0 Å². The molecule has 2 amide bonds. The largest absolute Gasteiger partial charge is 0.330 e. The van der Waals surface area contributed by atoms with E-state index in [1.165, 1.54) is 17.1 Å². The first-order valence-electron chi connectivity index (χ1n) is 7.47. The predicted molar refractivity (Wildman–Crippen MR) is 79.5 cm³/mol. The Balaban J connectivity index is 1.83. The molecule has 2 aliphatic heterocycles. The average molecular weight is 303 g/mol. The highest BCUT2D eigenvalue weighted by atomic mass is 19.1. The number of likely N-dealkylation sites (tertiary alicyclic amines) is 1. The van der Waals surface area contributed by atoms with E-state index in [1.807, 2.05) is 6.07 Å². The number of nitrogens with zero attached hydrogens (tertiary/aromatic N) is 3. The zero-order valence-corrected chi connectivity index (χ0v) is 12.5. The second-order valence-corrected chi connectivity index (χ2v) is 5.68. The average Bonchev–Trinajstić information content (AvgIpc) is 2.99. The van der Waals surface area contributed by atoms with Crippen molar-refractivity contribution >= 4 is 17.5 Å². The van der Waals surface area contributed by atoms with E-state index in [0.29, 0.717) is 25.1 Å². The van der Waals surface area contributed by atoms with Crippen LogP contribution in [0, 0.1) is 5.82 Å². The zero-order valence-electron chi connectivity index (χ0n) is 12.5. The third-order valence-corrected chi connectivity index (χ3v) is 4.20. The van der Waals surface area contributed by atoms with Crippen LogP contribution < -0.4 is 0 Å². The van der Waals surface area contributed by atoms with Crippen molar-refractivity contribution in [3.63, 3.8) is 0 Å². The summed E-state index contributed by atoms with van der Waals surface area (Å²) in [5.41, 5.74) is 1.22. The topological polar surface area (TPSA) is 53.0 Å². The second kappa shape index (κ2) is 5.87. The number of hydrogen-bond donors (Lipinski definition) is 0. The Labute approximate surface area is 128 Å². The Bertz CT molecular complexity index is 644. The Morgan fingerprint density at radius 2 is 2.18 bits per heavy atom. The van der Waals surface area contributed by atoms with Crippen LogP contribution in [0.2, 0.25) is 0 Å². The van der Waals surface area contributed by atoms with Gasteiger partial charge >= 0.3 is 0 Å². The molecule has 1 fully saturated rings. The number of carbonyl (C=O) groups is 2. The summed E-state index contributed by atoms with van der Waals surface area (Å²) in [5, 5.41) is 5.31. The molecule has 1 unspecified atom stereocenters. The van der Waals surface area contributed by atoms with Crippen LogP contribution in [0.1, 0.15) is 37.3 Å². The fourth-order valence-electron chi connectivity index (χ4n) is 3.06. The number of amides is 2. The number of rotatable bonds is 2. The molecule has 0 radical (unpaired) electrons. The van der Waals surface area contributed by atoms with Crippen LogP contribution in [-0.4, -0.2) is 41.0 Å². The molecule has 1 aromatic carbocycles. The molecule has 2 heterocycles. The van der Waals surface area contributed by atoms with Gasteiger partial charge in [-0.25, -0.2) is 9.40 Å². The number of hydrogen-bond acceptors (Lipinski definition) is 3. The molecule has 1 aromatic rings. The summed E-state index contributed by atoms with van der Waals surface area (Å²) in [5.74, 6) is -0.525. The van der Waals surface area contributed by atoms with Crippen LogP contribution >= 0.6 is 0 Å². The summed E-state index contributed by atoms with van der Waals surface area (Å²) in [4.78, 5) is 25.9. The number of carbonyl (C=O) groups excluding carboxylic acids is 2. The molecule has 2 aliphatic rings. The van der Waals surface area contributed by atoms with Crippen molar-refractivity contribution in [3.05, 3.63) is 35.6 Å². The first kappa shape index (κ1) is 14.7. The third kappa shape index (κ3) is 2.73. The fraction of sp³-hybridized carbons (Fsp3) is 0.438. The van der Waals surface area contributed by atoms with E-state index in [9.17, 15) is 14.0 Å². The molecule has 0 aliphatic carbocycles. The van der Waals surface area contributed by atoms with Gasteiger partial charge in [0, 0.05) is 26.4 Å². The summed E-state index contributed by atoms with van der Waals surface area (Å²) in [6.07, 6.45) is 2.38. The monoisotopic (exact) mass is 303 g/mol. The van der Waals surface area contributed by atoms with Crippen LogP contribution in [0.3, 0.4) is 0 Å². The van der Waals surface area contributed by atoms with E-state index < -0.39 is 0 Å². The highest BCUT2D eigenvalue weighted by Crippen LogP contribution is 2.32. The van der Waals surface area contributed by atoms with E-state index >= 15 is 0 Å². The smallest absolute Gasteiger partial charge is 0.270 e. The molecule has 116 valence electrons. The minimum atomic E-state index is -0.294. The van der Waals surface area contributed by atoms with Gasteiger partial charge in [0.1, 0.15) is 11.5 Å². The number of halogens is 1. The van der Waals surface area contributed by atoms with Crippen LogP contribution in [0.5, 0.6) is 0 Å². The quantitative estimate of drug-likeness (QED) is 0.840. The molecular weight excluding hydrogens is 285 g/mol. The lowest BCUT2D eigenvalue weighted by Crippen LogP contribution is -2.40. The van der Waals surface area contributed by atoms with E-state index in [2.05, 4.69) is 5.10 Å². The molecule has 1 saturated heterocycles. The van der Waals surface area contributed by atoms with Crippen LogP contribution in [-0.2, 0) is 9.59 Å². The minimum absolute atomic E-state index is 0.0837. The number of hydrazone groups is 1. The van der Waals surface area contributed by atoms with Gasteiger partial charge in [-0.15, -0.1) is 0 Å². The predicted octanol–water partition coefficient (Wildman–Crippen LogP) is 2.10. The van der Waals surface area contributed by atoms with Gasteiger partial charge in [-0.05, 0) is 30.5 Å². The van der Waals surface area contributed by atoms with Gasteiger partial charge in [-0.3, -0.25) is 9.59 Å². The molecule has 3 rings (SSSR count). The maximum absolute atomic E-state index is 13.4. The SMILES string of the molecule is CN1N=C(C(=O)N2CCCC2c2cccc(F)c2)CCC1=O. The minimum Gasteiger partial charge on any atom is -0.330 e. The number of benzene rings is 1. The van der Waals surface area contributed by atoms with Gasteiger partial charge in [0.15, 0.2) is 0 Å². The summed E-state index contributed by atoms with van der Waals surface area (Å²) >= 11 is 0. The molecule has 0 spiro atoms. The van der Waals surface area contributed by atoms with Crippen molar-refractivity contribution in [2.45, 2.75) is 31.7 Å². The maximum Gasteiger partial charge on any atom is 0.270 e. The van der Waals surface area contributed by atoms with Crippen molar-refractivity contribution in [2.24, 2.45) is 5.10 Å². The Kier molecular flexibility index (Phi) is 3.92. The molecule has 5 nitrogen and oxygen atoms in total. The lowest BCUT2D eigenvalue weighted by molar-refractivity contribution is -0.130. The summed E-state index contributed by atoms with van der Waals surface area (Å²) < 4.78 is 13.4. The molecule has 22 heavy (non-hydrogen) atoms. The molecule has 0 saturated carbocycles. The fourth-order valence-corrected chi connectivity index (χ4v) is 3.06. The van der Waals surface area contributed by atoms with Gasteiger partial charge in [0.05, 0.1) is 6.04 Å². The Hall–Kier alpha value is -2.24. The molecular formula is C16H18FN3O2.